The Morgan fingerprint density at radius 1 is 1.48 bits per heavy atom. The van der Waals surface area contributed by atoms with E-state index in [0.29, 0.717) is 11.8 Å². The van der Waals surface area contributed by atoms with E-state index in [2.05, 4.69) is 34.1 Å². The van der Waals surface area contributed by atoms with Crippen LogP contribution in [0.15, 0.2) is 16.7 Å². The molecule has 0 aromatic carbocycles. The highest BCUT2D eigenvalue weighted by molar-refractivity contribution is 7.11. The zero-order valence-electron chi connectivity index (χ0n) is 13.8. The molecule has 3 rings (SSSR count). The number of aryl methyl sites for hydroxylation is 2. The van der Waals surface area contributed by atoms with Crippen molar-refractivity contribution in [2.75, 3.05) is 26.7 Å². The van der Waals surface area contributed by atoms with E-state index in [1.807, 2.05) is 11.3 Å². The lowest BCUT2D eigenvalue weighted by Gasteiger charge is -2.20. The number of carbonyl (C=O) groups is 1. The van der Waals surface area contributed by atoms with Crippen LogP contribution in [0.2, 0.25) is 0 Å². The van der Waals surface area contributed by atoms with Crippen molar-refractivity contribution in [3.05, 3.63) is 33.6 Å². The molecule has 0 spiro atoms. The molecule has 3 heterocycles. The molecule has 2 aromatic heterocycles. The number of aromatic nitrogens is 2. The van der Waals surface area contributed by atoms with E-state index >= 15 is 0 Å². The summed E-state index contributed by atoms with van der Waals surface area (Å²) in [4.78, 5) is 23.2. The number of thiophene rings is 1. The van der Waals surface area contributed by atoms with E-state index in [-0.39, 0.29) is 11.7 Å². The predicted molar refractivity (Wildman–Crippen MR) is 88.4 cm³/mol. The summed E-state index contributed by atoms with van der Waals surface area (Å²) in [5, 5.41) is 3.70. The maximum Gasteiger partial charge on any atom is 0.295 e. The molecule has 0 N–H and O–H groups in total. The number of rotatable bonds is 5. The van der Waals surface area contributed by atoms with E-state index in [1.54, 1.807) is 18.9 Å². The molecule has 1 atom stereocenters. The lowest BCUT2D eigenvalue weighted by molar-refractivity contribution is 0.0758. The molecule has 23 heavy (non-hydrogen) atoms. The van der Waals surface area contributed by atoms with Gasteiger partial charge in [-0.1, -0.05) is 5.16 Å². The highest BCUT2D eigenvalue weighted by atomic mass is 32.1. The topological polar surface area (TPSA) is 62.5 Å². The number of hydrogen-bond donors (Lipinski definition) is 0. The van der Waals surface area contributed by atoms with Crippen LogP contribution in [-0.4, -0.2) is 52.5 Å². The first-order valence-corrected chi connectivity index (χ1v) is 8.66. The monoisotopic (exact) mass is 334 g/mol. The van der Waals surface area contributed by atoms with Gasteiger partial charge in [0.25, 0.3) is 11.7 Å². The maximum absolute atomic E-state index is 12.3. The Morgan fingerprint density at radius 3 is 2.96 bits per heavy atom. The fourth-order valence-corrected chi connectivity index (χ4v) is 3.96. The van der Waals surface area contributed by atoms with Crippen LogP contribution in [-0.2, 0) is 6.54 Å². The molecule has 1 fully saturated rings. The fourth-order valence-electron chi connectivity index (χ4n) is 3.02. The Morgan fingerprint density at radius 2 is 2.30 bits per heavy atom. The van der Waals surface area contributed by atoms with Crippen molar-refractivity contribution in [1.29, 1.82) is 0 Å². The van der Waals surface area contributed by atoms with Crippen LogP contribution in [0.5, 0.6) is 0 Å². The normalized spacial score (nSPS) is 18.5. The minimum atomic E-state index is -0.172. The van der Waals surface area contributed by atoms with Gasteiger partial charge >= 0.3 is 0 Å². The van der Waals surface area contributed by atoms with Crippen molar-refractivity contribution in [2.24, 2.45) is 5.92 Å². The number of nitrogens with zero attached hydrogens (tertiary/aromatic N) is 4. The van der Waals surface area contributed by atoms with Gasteiger partial charge in [0.1, 0.15) is 0 Å². The standard InChI is InChI=1S/C16H22N4O2S/c1-11-4-5-14(23-11)10-20-7-6-13(9-20)8-19(3)16(21)15-17-12(2)22-18-15/h4-5,13H,6-10H2,1-3H3. The Kier molecular flexibility index (Phi) is 4.77. The van der Waals surface area contributed by atoms with Crippen molar-refractivity contribution in [2.45, 2.75) is 26.8 Å². The molecule has 0 radical (unpaired) electrons. The van der Waals surface area contributed by atoms with Gasteiger partial charge in [-0.15, -0.1) is 11.3 Å². The molecule has 1 aliphatic rings. The van der Waals surface area contributed by atoms with E-state index in [9.17, 15) is 4.79 Å². The molecule has 1 unspecified atom stereocenters. The van der Waals surface area contributed by atoms with Gasteiger partial charge in [0.2, 0.25) is 5.89 Å². The summed E-state index contributed by atoms with van der Waals surface area (Å²) in [5.74, 6) is 0.890. The molecule has 1 aliphatic heterocycles. The first-order chi connectivity index (χ1) is 11.0. The van der Waals surface area contributed by atoms with Crippen LogP contribution in [0.1, 0.15) is 32.7 Å². The summed E-state index contributed by atoms with van der Waals surface area (Å²) in [6.45, 7) is 7.68. The number of amides is 1. The molecule has 0 aliphatic carbocycles. The number of hydrogen-bond acceptors (Lipinski definition) is 6. The summed E-state index contributed by atoms with van der Waals surface area (Å²) >= 11 is 1.86. The van der Waals surface area contributed by atoms with E-state index in [4.69, 9.17) is 4.52 Å². The highest BCUT2D eigenvalue weighted by Gasteiger charge is 2.26. The molecular formula is C16H22N4O2S. The first-order valence-electron chi connectivity index (χ1n) is 7.84. The second-order valence-electron chi connectivity index (χ2n) is 6.22. The van der Waals surface area contributed by atoms with Gasteiger partial charge in [-0.2, -0.15) is 4.98 Å². The average molecular weight is 334 g/mol. The number of likely N-dealkylation sites (tertiary alicyclic amines) is 1. The lowest BCUT2D eigenvalue weighted by atomic mass is 10.1. The summed E-state index contributed by atoms with van der Waals surface area (Å²) in [6, 6.07) is 4.38. The third-order valence-corrected chi connectivity index (χ3v) is 5.13. The van der Waals surface area contributed by atoms with Gasteiger partial charge in [-0.3, -0.25) is 9.69 Å². The molecular weight excluding hydrogens is 312 g/mol. The summed E-state index contributed by atoms with van der Waals surface area (Å²) in [7, 11) is 1.80. The van der Waals surface area contributed by atoms with Gasteiger partial charge < -0.3 is 9.42 Å². The van der Waals surface area contributed by atoms with E-state index in [1.165, 1.54) is 9.75 Å². The Balaban J connectivity index is 1.50. The van der Waals surface area contributed by atoms with Crippen molar-refractivity contribution in [3.63, 3.8) is 0 Å². The third kappa shape index (κ3) is 3.97. The largest absolute Gasteiger partial charge is 0.339 e. The smallest absolute Gasteiger partial charge is 0.295 e. The molecule has 1 saturated heterocycles. The van der Waals surface area contributed by atoms with Crippen molar-refractivity contribution >= 4 is 17.2 Å². The predicted octanol–water partition coefficient (Wildman–Crippen LogP) is 2.34. The van der Waals surface area contributed by atoms with Crippen LogP contribution in [0.25, 0.3) is 0 Å². The second-order valence-corrected chi connectivity index (χ2v) is 7.60. The van der Waals surface area contributed by atoms with Gasteiger partial charge in [-0.25, -0.2) is 0 Å². The summed E-state index contributed by atoms with van der Waals surface area (Å²) in [6.07, 6.45) is 1.12. The van der Waals surface area contributed by atoms with E-state index < -0.39 is 0 Å². The Hall–Kier alpha value is -1.73. The molecule has 6 nitrogen and oxygen atoms in total. The van der Waals surface area contributed by atoms with Crippen molar-refractivity contribution < 1.29 is 9.32 Å². The molecule has 1 amide bonds. The third-order valence-electron chi connectivity index (χ3n) is 4.14. The zero-order valence-corrected chi connectivity index (χ0v) is 14.6. The average Bonchev–Trinajstić information content (AvgIpc) is 3.22. The quantitative estimate of drug-likeness (QED) is 0.840. The van der Waals surface area contributed by atoms with Crippen LogP contribution >= 0.6 is 11.3 Å². The second kappa shape index (κ2) is 6.80. The number of carbonyl (C=O) groups excluding carboxylic acids is 1. The zero-order chi connectivity index (χ0) is 16.4. The minimum absolute atomic E-state index is 0.147. The summed E-state index contributed by atoms with van der Waals surface area (Å²) < 4.78 is 4.88. The van der Waals surface area contributed by atoms with Crippen LogP contribution in [0, 0.1) is 19.8 Å². The van der Waals surface area contributed by atoms with Crippen molar-refractivity contribution in [1.82, 2.24) is 19.9 Å². The lowest BCUT2D eigenvalue weighted by Crippen LogP contribution is -2.33. The van der Waals surface area contributed by atoms with Gasteiger partial charge in [-0.05, 0) is 37.9 Å². The maximum atomic E-state index is 12.3. The molecule has 7 heteroatoms. The van der Waals surface area contributed by atoms with Gasteiger partial charge in [0.05, 0.1) is 0 Å². The Bertz CT molecular complexity index is 681. The van der Waals surface area contributed by atoms with Crippen LogP contribution in [0.4, 0.5) is 0 Å². The highest BCUT2D eigenvalue weighted by Crippen LogP contribution is 2.23. The van der Waals surface area contributed by atoms with Crippen LogP contribution < -0.4 is 0 Å². The van der Waals surface area contributed by atoms with E-state index in [0.717, 1.165) is 32.6 Å². The van der Waals surface area contributed by atoms with Crippen LogP contribution in [0.3, 0.4) is 0 Å². The molecule has 0 bridgehead atoms. The minimum Gasteiger partial charge on any atom is -0.339 e. The molecule has 0 saturated carbocycles. The first kappa shape index (κ1) is 16.1. The molecule has 2 aromatic rings. The SMILES string of the molecule is Cc1nc(C(=O)N(C)CC2CCN(Cc3ccc(C)s3)C2)no1. The fraction of sp³-hybridized carbons (Fsp3) is 0.562. The Labute approximate surface area is 140 Å². The van der Waals surface area contributed by atoms with Crippen molar-refractivity contribution in [3.8, 4) is 0 Å². The summed E-state index contributed by atoms with van der Waals surface area (Å²) in [5.41, 5.74) is 0. The van der Waals surface area contributed by atoms with Gasteiger partial charge in [0, 0.05) is 43.4 Å². The van der Waals surface area contributed by atoms with Gasteiger partial charge in [0.15, 0.2) is 0 Å². The molecule has 124 valence electrons.